The van der Waals surface area contributed by atoms with E-state index in [9.17, 15) is 18.0 Å². The van der Waals surface area contributed by atoms with Crippen LogP contribution in [0, 0.1) is 6.92 Å². The Morgan fingerprint density at radius 3 is 2.64 bits per heavy atom. The van der Waals surface area contributed by atoms with Crippen LogP contribution in [0.15, 0.2) is 49.2 Å². The number of aryl methyl sites for hydroxylation is 1. The lowest BCUT2D eigenvalue weighted by Crippen LogP contribution is -2.52. The number of carbonyl (C=O) groups excluding carboxylic acids is 1. The average molecular weight is 544 g/mol. The summed E-state index contributed by atoms with van der Waals surface area (Å²) in [6.45, 7) is 4.40. The summed E-state index contributed by atoms with van der Waals surface area (Å²) in [5, 5.41) is 5.84. The molecular weight excluding hydrogens is 511 g/mol. The number of halogens is 3. The quantitative estimate of drug-likeness (QED) is 0.472. The lowest BCUT2D eigenvalue weighted by Gasteiger charge is -2.40. The Hall–Kier alpha value is -3.80. The third-order valence-electron chi connectivity index (χ3n) is 7.52. The Bertz CT molecular complexity index is 1250. The predicted molar refractivity (Wildman–Crippen MR) is 142 cm³/mol. The molecule has 2 atom stereocenters. The number of amides is 1. The molecular formula is C27H32F3N7O2. The SMILES string of the molecule is Cc1cc(N2C[C@H]3CC[C@@H](C2)N3C)ccc1Nc1ncc(C(F)(F)F)c(NCCCN2C=COC=CC2=O)n1. The van der Waals surface area contributed by atoms with Gasteiger partial charge in [-0.05, 0) is 57.0 Å². The molecule has 2 N–H and O–H groups in total. The van der Waals surface area contributed by atoms with Crippen LogP contribution in [-0.2, 0) is 15.7 Å². The molecule has 5 rings (SSSR count). The summed E-state index contributed by atoms with van der Waals surface area (Å²) in [4.78, 5) is 26.4. The normalized spacial score (nSPS) is 21.2. The highest BCUT2D eigenvalue weighted by Gasteiger charge is 2.38. The topological polar surface area (TPSA) is 85.9 Å². The Morgan fingerprint density at radius 2 is 1.92 bits per heavy atom. The summed E-state index contributed by atoms with van der Waals surface area (Å²) in [5.41, 5.74) is 1.86. The number of anilines is 4. The van der Waals surface area contributed by atoms with E-state index >= 15 is 0 Å². The Labute approximate surface area is 225 Å². The molecule has 2 bridgehead atoms. The molecule has 3 aliphatic heterocycles. The molecule has 0 unspecified atom stereocenters. The minimum Gasteiger partial charge on any atom is -0.471 e. The standard InChI is InChI=1S/C27H32F3N7O2/c1-18-14-19(37-16-20-4-5-21(17-37)35(20)2)6-7-23(18)33-26-32-15-22(27(28,29)30)25(34-26)31-9-3-10-36-11-13-39-12-8-24(36)38/h6-8,11-15,20-21H,3-5,9-10,16-17H2,1-2H3,(H2,31,32,33,34)/t20-,21+. The number of piperazine rings is 1. The number of nitrogens with zero attached hydrogens (tertiary/aromatic N) is 5. The minimum atomic E-state index is -4.62. The van der Waals surface area contributed by atoms with Gasteiger partial charge in [0, 0.05) is 68.1 Å². The molecule has 0 radical (unpaired) electrons. The number of carbonyl (C=O) groups is 1. The third kappa shape index (κ3) is 6.11. The number of hydrogen-bond donors (Lipinski definition) is 2. The van der Waals surface area contributed by atoms with Crippen molar-refractivity contribution in [2.24, 2.45) is 0 Å². The zero-order valence-corrected chi connectivity index (χ0v) is 21.9. The van der Waals surface area contributed by atoms with Crippen molar-refractivity contribution in [3.63, 3.8) is 0 Å². The van der Waals surface area contributed by atoms with Crippen LogP contribution in [0.2, 0.25) is 0 Å². The van der Waals surface area contributed by atoms with Gasteiger partial charge in [0.25, 0.3) is 5.91 Å². The lowest BCUT2D eigenvalue weighted by atomic mass is 10.1. The van der Waals surface area contributed by atoms with Gasteiger partial charge < -0.3 is 25.2 Å². The molecule has 12 heteroatoms. The fourth-order valence-electron chi connectivity index (χ4n) is 5.28. The van der Waals surface area contributed by atoms with Gasteiger partial charge in [0.1, 0.15) is 17.6 Å². The molecule has 1 aromatic carbocycles. The van der Waals surface area contributed by atoms with Crippen molar-refractivity contribution >= 4 is 29.0 Å². The van der Waals surface area contributed by atoms with Crippen LogP contribution in [0.25, 0.3) is 0 Å². The fourth-order valence-corrected chi connectivity index (χ4v) is 5.28. The minimum absolute atomic E-state index is 0.0620. The first-order valence-corrected chi connectivity index (χ1v) is 13.0. The van der Waals surface area contributed by atoms with Crippen molar-refractivity contribution in [2.45, 2.75) is 44.4 Å². The van der Waals surface area contributed by atoms with Crippen LogP contribution in [0.3, 0.4) is 0 Å². The molecule has 0 spiro atoms. The maximum atomic E-state index is 13.6. The first-order valence-electron chi connectivity index (χ1n) is 13.0. The van der Waals surface area contributed by atoms with E-state index in [1.165, 1.54) is 42.5 Å². The van der Waals surface area contributed by atoms with E-state index in [1.807, 2.05) is 19.1 Å². The van der Waals surface area contributed by atoms with E-state index in [0.29, 0.717) is 25.0 Å². The maximum Gasteiger partial charge on any atom is 0.421 e. The monoisotopic (exact) mass is 543 g/mol. The van der Waals surface area contributed by atoms with E-state index in [1.54, 1.807) is 0 Å². The first kappa shape index (κ1) is 26.8. The highest BCUT2D eigenvalue weighted by atomic mass is 19.4. The van der Waals surface area contributed by atoms with Gasteiger partial charge in [-0.25, -0.2) is 4.98 Å². The van der Waals surface area contributed by atoms with Crippen molar-refractivity contribution < 1.29 is 22.7 Å². The molecule has 9 nitrogen and oxygen atoms in total. The number of likely N-dealkylation sites (N-methyl/N-ethyl adjacent to an activating group) is 1. The summed E-state index contributed by atoms with van der Waals surface area (Å²) >= 11 is 0. The average Bonchev–Trinajstić information content (AvgIpc) is 3.06. The van der Waals surface area contributed by atoms with Gasteiger partial charge in [0.2, 0.25) is 5.95 Å². The van der Waals surface area contributed by atoms with E-state index in [-0.39, 0.29) is 24.2 Å². The van der Waals surface area contributed by atoms with Crippen molar-refractivity contribution in [2.75, 3.05) is 48.8 Å². The second-order valence-electron chi connectivity index (χ2n) is 10.1. The molecule has 1 amide bonds. The van der Waals surface area contributed by atoms with Crippen molar-refractivity contribution in [1.82, 2.24) is 19.8 Å². The van der Waals surface area contributed by atoms with Gasteiger partial charge in [-0.15, -0.1) is 0 Å². The van der Waals surface area contributed by atoms with Crippen LogP contribution >= 0.6 is 0 Å². The van der Waals surface area contributed by atoms with Crippen molar-refractivity contribution in [3.8, 4) is 0 Å². The lowest BCUT2D eigenvalue weighted by molar-refractivity contribution is -0.137. The van der Waals surface area contributed by atoms with Gasteiger partial charge in [-0.1, -0.05) is 0 Å². The van der Waals surface area contributed by atoms with Gasteiger partial charge in [-0.3, -0.25) is 9.69 Å². The molecule has 4 heterocycles. The number of ether oxygens (including phenoxy) is 1. The van der Waals surface area contributed by atoms with Crippen LogP contribution in [0.1, 0.15) is 30.4 Å². The van der Waals surface area contributed by atoms with Crippen molar-refractivity contribution in [3.05, 3.63) is 60.3 Å². The summed E-state index contributed by atoms with van der Waals surface area (Å²) in [6, 6.07) is 7.18. The molecule has 39 heavy (non-hydrogen) atoms. The van der Waals surface area contributed by atoms with E-state index in [2.05, 4.69) is 43.5 Å². The van der Waals surface area contributed by atoms with E-state index < -0.39 is 11.7 Å². The summed E-state index contributed by atoms with van der Waals surface area (Å²) in [7, 11) is 2.20. The van der Waals surface area contributed by atoms with Crippen molar-refractivity contribution in [1.29, 1.82) is 0 Å². The second-order valence-corrected chi connectivity index (χ2v) is 10.1. The summed E-state index contributed by atoms with van der Waals surface area (Å²) in [6.07, 6.45) is 4.39. The van der Waals surface area contributed by atoms with Gasteiger partial charge in [0.05, 0.1) is 6.26 Å². The smallest absolute Gasteiger partial charge is 0.421 e. The number of alkyl halides is 3. The van der Waals surface area contributed by atoms with Crippen LogP contribution < -0.4 is 15.5 Å². The Kier molecular flexibility index (Phi) is 7.65. The van der Waals surface area contributed by atoms with Crippen LogP contribution in [0.4, 0.5) is 36.3 Å². The first-order chi connectivity index (χ1) is 18.7. The van der Waals surface area contributed by atoms with Gasteiger partial charge in [-0.2, -0.15) is 18.2 Å². The molecule has 0 saturated carbocycles. The van der Waals surface area contributed by atoms with Gasteiger partial charge in [0.15, 0.2) is 0 Å². The maximum absolute atomic E-state index is 13.6. The zero-order valence-electron chi connectivity index (χ0n) is 21.9. The van der Waals surface area contributed by atoms with Crippen LogP contribution in [-0.4, -0.2) is 71.0 Å². The summed E-state index contributed by atoms with van der Waals surface area (Å²) < 4.78 is 45.9. The number of hydrogen-bond acceptors (Lipinski definition) is 8. The van der Waals surface area contributed by atoms with Crippen LogP contribution in [0.5, 0.6) is 0 Å². The Balaban J connectivity index is 1.25. The van der Waals surface area contributed by atoms with Gasteiger partial charge >= 0.3 is 6.18 Å². The number of benzene rings is 1. The third-order valence-corrected chi connectivity index (χ3v) is 7.52. The molecule has 2 saturated heterocycles. The van der Waals surface area contributed by atoms with E-state index in [4.69, 9.17) is 4.74 Å². The molecule has 208 valence electrons. The molecule has 3 aliphatic rings. The number of rotatable bonds is 8. The summed E-state index contributed by atoms with van der Waals surface area (Å²) in [5.74, 6) is -0.523. The number of nitrogens with one attached hydrogen (secondary N) is 2. The number of fused-ring (bicyclic) bond motifs is 2. The molecule has 0 aliphatic carbocycles. The molecule has 1 aromatic heterocycles. The highest BCUT2D eigenvalue weighted by Crippen LogP contribution is 2.35. The zero-order chi connectivity index (χ0) is 27.6. The number of aromatic nitrogens is 2. The predicted octanol–water partition coefficient (Wildman–Crippen LogP) is 4.48. The Morgan fingerprint density at radius 1 is 1.15 bits per heavy atom. The molecule has 2 aromatic rings. The largest absolute Gasteiger partial charge is 0.471 e. The second kappa shape index (κ2) is 11.1. The molecule has 2 fully saturated rings. The fraction of sp³-hybridized carbons (Fsp3) is 0.444. The van der Waals surface area contributed by atoms with E-state index in [0.717, 1.165) is 36.2 Å². The highest BCUT2D eigenvalue weighted by molar-refractivity contribution is 5.88.